The highest BCUT2D eigenvalue weighted by molar-refractivity contribution is 5.73. The number of carboxylic acid groups (broad SMARTS) is 2. The number of hydrogen-bond acceptors (Lipinski definition) is 4. The summed E-state index contributed by atoms with van der Waals surface area (Å²) in [4.78, 5) is 20.9. The van der Waals surface area contributed by atoms with Gasteiger partial charge in [0.2, 0.25) is 0 Å². The lowest BCUT2D eigenvalue weighted by Crippen LogP contribution is -2.37. The van der Waals surface area contributed by atoms with Gasteiger partial charge in [0.1, 0.15) is 6.04 Å². The van der Waals surface area contributed by atoms with Crippen LogP contribution in [0.2, 0.25) is 0 Å². The van der Waals surface area contributed by atoms with E-state index in [1.54, 1.807) is 0 Å². The summed E-state index contributed by atoms with van der Waals surface area (Å²) in [6, 6.07) is 8.44. The molecule has 22 heavy (non-hydrogen) atoms. The van der Waals surface area contributed by atoms with E-state index in [4.69, 9.17) is 21.7 Å². The van der Waals surface area contributed by atoms with Crippen molar-refractivity contribution in [1.82, 2.24) is 0 Å². The first kappa shape index (κ1) is 18.1. The van der Waals surface area contributed by atoms with Crippen LogP contribution in [0, 0.1) is 5.92 Å². The van der Waals surface area contributed by atoms with Crippen LogP contribution in [0.1, 0.15) is 31.2 Å². The molecule has 6 N–H and O–H groups in total. The maximum Gasteiger partial charge on any atom is 0.320 e. The van der Waals surface area contributed by atoms with Crippen molar-refractivity contribution < 1.29 is 19.8 Å². The molecule has 0 amide bonds. The Morgan fingerprint density at radius 1 is 1.14 bits per heavy atom. The summed E-state index contributed by atoms with van der Waals surface area (Å²) in [5.41, 5.74) is 11.9. The third-order valence-corrected chi connectivity index (χ3v) is 3.75. The van der Waals surface area contributed by atoms with E-state index in [1.807, 2.05) is 30.3 Å². The summed E-state index contributed by atoms with van der Waals surface area (Å²) < 4.78 is 0. The number of carboxylic acids is 2. The number of hydrogen-bond donors (Lipinski definition) is 4. The molecule has 3 atom stereocenters. The second kappa shape index (κ2) is 9.17. The fourth-order valence-electron chi connectivity index (χ4n) is 2.42. The Hall–Kier alpha value is -1.92. The van der Waals surface area contributed by atoms with Gasteiger partial charge in [-0.15, -0.1) is 0 Å². The summed E-state index contributed by atoms with van der Waals surface area (Å²) in [6.45, 7) is 0. The first-order valence-electron chi connectivity index (χ1n) is 7.42. The van der Waals surface area contributed by atoms with Crippen molar-refractivity contribution in [3.05, 3.63) is 35.9 Å². The second-order valence-electron chi connectivity index (χ2n) is 5.53. The van der Waals surface area contributed by atoms with Gasteiger partial charge in [0.15, 0.2) is 0 Å². The molecule has 1 aliphatic carbocycles. The SMILES string of the molecule is NC1CCCCC1C(=O)O.N[C@@H](Cc1ccccc1)C(=O)O. The molecule has 2 rings (SSSR count). The number of rotatable bonds is 4. The van der Waals surface area contributed by atoms with Gasteiger partial charge in [0, 0.05) is 6.04 Å². The van der Waals surface area contributed by atoms with Crippen LogP contribution in [0.3, 0.4) is 0 Å². The minimum Gasteiger partial charge on any atom is -0.481 e. The molecule has 2 unspecified atom stereocenters. The minimum atomic E-state index is -0.959. The molecular weight excluding hydrogens is 284 g/mol. The third-order valence-electron chi connectivity index (χ3n) is 3.75. The van der Waals surface area contributed by atoms with E-state index in [9.17, 15) is 9.59 Å². The second-order valence-corrected chi connectivity index (χ2v) is 5.53. The molecule has 1 aliphatic rings. The standard InChI is InChI=1S/C9H11NO2.C7H13NO2/c10-8(9(11)12)6-7-4-2-1-3-5-7;8-6-4-2-1-3-5(6)7(9)10/h1-5,8H,6,10H2,(H,11,12);5-6H,1-4,8H2,(H,9,10)/t8-;/m0./s1. The van der Waals surface area contributed by atoms with Crippen molar-refractivity contribution in [2.24, 2.45) is 17.4 Å². The third kappa shape index (κ3) is 6.24. The molecule has 0 radical (unpaired) electrons. The van der Waals surface area contributed by atoms with Crippen molar-refractivity contribution in [3.8, 4) is 0 Å². The maximum absolute atomic E-state index is 10.5. The van der Waals surface area contributed by atoms with Crippen LogP contribution >= 0.6 is 0 Å². The van der Waals surface area contributed by atoms with Gasteiger partial charge in [0.25, 0.3) is 0 Å². The van der Waals surface area contributed by atoms with Gasteiger partial charge in [-0.3, -0.25) is 9.59 Å². The number of carbonyl (C=O) groups is 2. The molecule has 122 valence electrons. The van der Waals surface area contributed by atoms with E-state index in [-0.39, 0.29) is 12.0 Å². The average molecular weight is 308 g/mol. The molecule has 1 fully saturated rings. The van der Waals surface area contributed by atoms with Crippen LogP contribution in [-0.4, -0.2) is 34.2 Å². The zero-order valence-corrected chi connectivity index (χ0v) is 12.5. The van der Waals surface area contributed by atoms with Gasteiger partial charge in [0.05, 0.1) is 5.92 Å². The van der Waals surface area contributed by atoms with Crippen molar-refractivity contribution in [1.29, 1.82) is 0 Å². The predicted molar refractivity (Wildman–Crippen MR) is 83.3 cm³/mol. The molecule has 0 spiro atoms. The fraction of sp³-hybridized carbons (Fsp3) is 0.500. The molecule has 0 bridgehead atoms. The monoisotopic (exact) mass is 308 g/mol. The molecule has 0 aliphatic heterocycles. The molecule has 1 aromatic carbocycles. The van der Waals surface area contributed by atoms with E-state index < -0.39 is 18.0 Å². The van der Waals surface area contributed by atoms with Crippen molar-refractivity contribution in [2.45, 2.75) is 44.2 Å². The van der Waals surface area contributed by atoms with Crippen LogP contribution in [0.4, 0.5) is 0 Å². The topological polar surface area (TPSA) is 127 Å². The number of nitrogens with two attached hydrogens (primary N) is 2. The Morgan fingerprint density at radius 2 is 1.73 bits per heavy atom. The lowest BCUT2D eigenvalue weighted by Gasteiger charge is -2.24. The summed E-state index contributed by atoms with van der Waals surface area (Å²) in [7, 11) is 0. The maximum atomic E-state index is 10.5. The Bertz CT molecular complexity index is 478. The molecule has 0 aromatic heterocycles. The lowest BCUT2D eigenvalue weighted by atomic mass is 9.85. The number of benzene rings is 1. The van der Waals surface area contributed by atoms with Gasteiger partial charge in [-0.2, -0.15) is 0 Å². The molecule has 1 aromatic rings. The van der Waals surface area contributed by atoms with E-state index in [1.165, 1.54) is 0 Å². The Balaban J connectivity index is 0.000000224. The summed E-state index contributed by atoms with van der Waals surface area (Å²) in [6.07, 6.45) is 4.12. The van der Waals surface area contributed by atoms with Gasteiger partial charge in [-0.05, 0) is 24.8 Å². The van der Waals surface area contributed by atoms with Crippen LogP contribution in [0.25, 0.3) is 0 Å². The zero-order chi connectivity index (χ0) is 16.5. The highest BCUT2D eigenvalue weighted by Gasteiger charge is 2.27. The largest absolute Gasteiger partial charge is 0.481 e. The summed E-state index contributed by atoms with van der Waals surface area (Å²) in [5.74, 6) is -1.97. The van der Waals surface area contributed by atoms with Crippen molar-refractivity contribution in [2.75, 3.05) is 0 Å². The Kier molecular flexibility index (Phi) is 7.56. The highest BCUT2D eigenvalue weighted by atomic mass is 16.4. The van der Waals surface area contributed by atoms with Crippen LogP contribution < -0.4 is 11.5 Å². The fourth-order valence-corrected chi connectivity index (χ4v) is 2.42. The van der Waals surface area contributed by atoms with Gasteiger partial charge >= 0.3 is 11.9 Å². The Labute approximate surface area is 130 Å². The molecule has 0 heterocycles. The van der Waals surface area contributed by atoms with E-state index in [2.05, 4.69) is 0 Å². The quantitative estimate of drug-likeness (QED) is 0.662. The predicted octanol–water partition coefficient (Wildman–Crippen LogP) is 1.23. The minimum absolute atomic E-state index is 0.105. The zero-order valence-electron chi connectivity index (χ0n) is 12.5. The first-order chi connectivity index (χ1) is 10.4. The average Bonchev–Trinajstić information content (AvgIpc) is 2.49. The van der Waals surface area contributed by atoms with Crippen LogP contribution in [-0.2, 0) is 16.0 Å². The van der Waals surface area contributed by atoms with Crippen LogP contribution in [0.5, 0.6) is 0 Å². The smallest absolute Gasteiger partial charge is 0.320 e. The highest BCUT2D eigenvalue weighted by Crippen LogP contribution is 2.22. The van der Waals surface area contributed by atoms with Gasteiger partial charge < -0.3 is 21.7 Å². The molecular formula is C16H24N2O4. The van der Waals surface area contributed by atoms with E-state index >= 15 is 0 Å². The van der Waals surface area contributed by atoms with E-state index in [0.717, 1.165) is 31.2 Å². The van der Waals surface area contributed by atoms with Crippen molar-refractivity contribution in [3.63, 3.8) is 0 Å². The molecule has 0 saturated heterocycles. The van der Waals surface area contributed by atoms with E-state index in [0.29, 0.717) is 6.42 Å². The molecule has 6 nitrogen and oxygen atoms in total. The Morgan fingerprint density at radius 3 is 2.18 bits per heavy atom. The van der Waals surface area contributed by atoms with Crippen molar-refractivity contribution >= 4 is 11.9 Å². The van der Waals surface area contributed by atoms with Gasteiger partial charge in [-0.25, -0.2) is 0 Å². The molecule has 1 saturated carbocycles. The summed E-state index contributed by atoms with van der Waals surface area (Å²) in [5, 5.41) is 17.1. The number of aliphatic carboxylic acids is 2. The normalized spacial score (nSPS) is 22.1. The molecule has 6 heteroatoms. The summed E-state index contributed by atoms with van der Waals surface area (Å²) >= 11 is 0. The first-order valence-corrected chi connectivity index (χ1v) is 7.42. The van der Waals surface area contributed by atoms with Gasteiger partial charge in [-0.1, -0.05) is 43.2 Å². The lowest BCUT2D eigenvalue weighted by molar-refractivity contribution is -0.143. The van der Waals surface area contributed by atoms with Crippen LogP contribution in [0.15, 0.2) is 30.3 Å².